The first kappa shape index (κ1) is 34.7. The molecule has 0 aliphatic carbocycles. The summed E-state index contributed by atoms with van der Waals surface area (Å²) in [4.78, 5) is 4.57. The second-order valence-electron chi connectivity index (χ2n) is 14.5. The highest BCUT2D eigenvalue weighted by Crippen LogP contribution is 2.48. The second kappa shape index (κ2) is 14.7. The minimum atomic E-state index is 0.220. The number of phenolic OH excluding ortho intramolecular Hbond substituents is 2. The highest BCUT2D eigenvalue weighted by atomic mass is 16.3. The lowest BCUT2D eigenvalue weighted by Crippen LogP contribution is -2.12. The Morgan fingerprint density at radius 3 is 0.862 bits per heavy atom. The van der Waals surface area contributed by atoms with Gasteiger partial charge in [-0.25, -0.2) is 0 Å². The predicted octanol–water partition coefficient (Wildman–Crippen LogP) is 14.8. The molecule has 0 amide bonds. The summed E-state index contributed by atoms with van der Waals surface area (Å²) in [5, 5.41) is 27.4. The molecule has 4 nitrogen and oxygen atoms in total. The number of rotatable bonds is 8. The third-order valence-corrected chi connectivity index (χ3v) is 11.0. The van der Waals surface area contributed by atoms with Gasteiger partial charge >= 0.3 is 0 Å². The van der Waals surface area contributed by atoms with E-state index in [-0.39, 0.29) is 11.5 Å². The molecule has 0 aliphatic heterocycles. The molecule has 0 atom stereocenters. The van der Waals surface area contributed by atoms with Crippen LogP contribution >= 0.6 is 0 Å². The Hall–Kier alpha value is -7.82. The van der Waals surface area contributed by atoms with Crippen molar-refractivity contribution in [2.45, 2.75) is 0 Å². The molecular formula is C54H38N2O2. The summed E-state index contributed by atoms with van der Waals surface area (Å²) >= 11 is 0. The molecule has 0 fully saturated rings. The summed E-state index contributed by atoms with van der Waals surface area (Å²) < 4.78 is 0. The van der Waals surface area contributed by atoms with Gasteiger partial charge in [0.1, 0.15) is 11.5 Å². The molecule has 0 radical (unpaired) electrons. The monoisotopic (exact) mass is 746 g/mol. The number of aromatic hydroxyl groups is 2. The quantitative estimate of drug-likeness (QED) is 0.152. The molecule has 0 aromatic heterocycles. The minimum absolute atomic E-state index is 0.220. The van der Waals surface area contributed by atoms with Gasteiger partial charge in [0.15, 0.2) is 0 Å². The van der Waals surface area contributed by atoms with Crippen molar-refractivity contribution in [2.24, 2.45) is 0 Å². The van der Waals surface area contributed by atoms with Gasteiger partial charge in [-0.3, -0.25) is 0 Å². The third-order valence-electron chi connectivity index (χ3n) is 11.0. The van der Waals surface area contributed by atoms with Crippen molar-refractivity contribution in [3.8, 4) is 33.8 Å². The van der Waals surface area contributed by atoms with Crippen molar-refractivity contribution in [3.05, 3.63) is 218 Å². The number of phenols is 2. The van der Waals surface area contributed by atoms with Gasteiger partial charge in [0.25, 0.3) is 0 Å². The van der Waals surface area contributed by atoms with Crippen molar-refractivity contribution in [1.29, 1.82) is 0 Å². The zero-order valence-corrected chi connectivity index (χ0v) is 31.6. The molecule has 10 aromatic rings. The molecule has 10 rings (SSSR count). The molecule has 0 aliphatic rings. The first-order valence-corrected chi connectivity index (χ1v) is 19.5. The normalized spacial score (nSPS) is 11.2. The van der Waals surface area contributed by atoms with Crippen LogP contribution in [0.3, 0.4) is 0 Å². The molecule has 0 bridgehead atoms. The Morgan fingerprint density at radius 2 is 0.517 bits per heavy atom. The average Bonchev–Trinajstić information content (AvgIpc) is 3.29. The zero-order chi connectivity index (χ0) is 39.0. The highest BCUT2D eigenvalue weighted by Gasteiger charge is 2.22. The fourth-order valence-corrected chi connectivity index (χ4v) is 8.21. The van der Waals surface area contributed by atoms with Crippen LogP contribution in [0.1, 0.15) is 0 Å². The first-order valence-electron chi connectivity index (χ1n) is 19.5. The molecule has 0 saturated carbocycles. The fraction of sp³-hybridized carbons (Fsp3) is 0. The van der Waals surface area contributed by atoms with E-state index in [4.69, 9.17) is 0 Å². The van der Waals surface area contributed by atoms with E-state index in [1.54, 1.807) is 24.3 Å². The molecule has 0 spiro atoms. The molecular weight excluding hydrogens is 709 g/mol. The van der Waals surface area contributed by atoms with Crippen molar-refractivity contribution >= 4 is 66.4 Å². The molecule has 4 heteroatoms. The third kappa shape index (κ3) is 6.33. The Balaban J connectivity index is 1.20. The number of benzene rings is 10. The van der Waals surface area contributed by atoms with Crippen LogP contribution in [-0.2, 0) is 0 Å². The van der Waals surface area contributed by atoms with Crippen molar-refractivity contribution < 1.29 is 10.2 Å². The van der Waals surface area contributed by atoms with Crippen LogP contribution in [0.25, 0.3) is 54.6 Å². The Kier molecular flexibility index (Phi) is 8.77. The molecule has 10 aromatic carbocycles. The molecule has 58 heavy (non-hydrogen) atoms. The second-order valence-corrected chi connectivity index (χ2v) is 14.5. The van der Waals surface area contributed by atoms with E-state index in [0.717, 1.165) is 88.7 Å². The van der Waals surface area contributed by atoms with E-state index < -0.39 is 0 Å². The molecule has 276 valence electrons. The van der Waals surface area contributed by atoms with Crippen LogP contribution in [0, 0.1) is 0 Å². The van der Waals surface area contributed by atoms with Gasteiger partial charge in [-0.1, -0.05) is 133 Å². The zero-order valence-electron chi connectivity index (χ0n) is 31.6. The van der Waals surface area contributed by atoms with Gasteiger partial charge < -0.3 is 20.0 Å². The van der Waals surface area contributed by atoms with Gasteiger partial charge in [0.2, 0.25) is 0 Å². The lowest BCUT2D eigenvalue weighted by Gasteiger charge is -2.30. The molecule has 0 heterocycles. The first-order chi connectivity index (χ1) is 28.6. The van der Waals surface area contributed by atoms with Crippen LogP contribution in [0.5, 0.6) is 11.5 Å². The van der Waals surface area contributed by atoms with Crippen LogP contribution in [0.4, 0.5) is 34.1 Å². The van der Waals surface area contributed by atoms with Crippen LogP contribution in [0.15, 0.2) is 218 Å². The van der Waals surface area contributed by atoms with Crippen LogP contribution in [-0.4, -0.2) is 10.2 Å². The number of fused-ring (bicyclic) bond motifs is 5. The summed E-state index contributed by atoms with van der Waals surface area (Å²) in [6, 6.07) is 75.0. The summed E-state index contributed by atoms with van der Waals surface area (Å²) in [6.45, 7) is 0. The standard InChI is InChI=1S/C54H38N2O2/c57-45-31-27-43(28-32-45)55(41-23-19-39(20-24-41)37-11-3-1-4-12-37)53-35-51-48-16-8-10-18-50(48)54(36-52(51)47-15-7-9-17-49(47)53)56(44-29-33-46(58)34-30-44)42-25-21-40(22-26-42)38-13-5-2-6-14-38/h1-36,57-58H. The van der Waals surface area contributed by atoms with Gasteiger partial charge in [0, 0.05) is 33.5 Å². The van der Waals surface area contributed by atoms with Crippen LogP contribution in [0.2, 0.25) is 0 Å². The lowest BCUT2D eigenvalue weighted by atomic mass is 9.93. The largest absolute Gasteiger partial charge is 0.508 e. The summed E-state index contributed by atoms with van der Waals surface area (Å²) in [5.74, 6) is 0.441. The topological polar surface area (TPSA) is 46.9 Å². The molecule has 0 unspecified atom stereocenters. The van der Waals surface area contributed by atoms with Crippen molar-refractivity contribution in [1.82, 2.24) is 0 Å². The van der Waals surface area contributed by atoms with Crippen molar-refractivity contribution in [3.63, 3.8) is 0 Å². The highest BCUT2D eigenvalue weighted by molar-refractivity contribution is 6.24. The number of hydrogen-bond acceptors (Lipinski definition) is 4. The van der Waals surface area contributed by atoms with E-state index in [1.807, 2.05) is 36.4 Å². The molecule has 2 N–H and O–H groups in total. The van der Waals surface area contributed by atoms with E-state index in [9.17, 15) is 10.2 Å². The van der Waals surface area contributed by atoms with Crippen LogP contribution < -0.4 is 9.80 Å². The number of hydrogen-bond donors (Lipinski definition) is 2. The number of nitrogens with zero attached hydrogens (tertiary/aromatic N) is 2. The number of anilines is 6. The fourth-order valence-electron chi connectivity index (χ4n) is 8.21. The van der Waals surface area contributed by atoms with Gasteiger partial charge in [-0.15, -0.1) is 0 Å². The summed E-state index contributed by atoms with van der Waals surface area (Å²) in [6.07, 6.45) is 0. The van der Waals surface area contributed by atoms with Gasteiger partial charge in [0.05, 0.1) is 11.4 Å². The maximum atomic E-state index is 10.4. The Bertz CT molecular complexity index is 2830. The van der Waals surface area contributed by atoms with E-state index in [0.29, 0.717) is 0 Å². The van der Waals surface area contributed by atoms with Crippen molar-refractivity contribution in [2.75, 3.05) is 9.80 Å². The molecule has 0 saturated heterocycles. The Labute approximate surface area is 337 Å². The predicted molar refractivity (Wildman–Crippen MR) is 243 cm³/mol. The minimum Gasteiger partial charge on any atom is -0.508 e. The van der Waals surface area contributed by atoms with E-state index in [2.05, 4.69) is 168 Å². The lowest BCUT2D eigenvalue weighted by molar-refractivity contribution is 0.475. The Morgan fingerprint density at radius 1 is 0.241 bits per heavy atom. The maximum Gasteiger partial charge on any atom is 0.115 e. The average molecular weight is 747 g/mol. The summed E-state index contributed by atoms with van der Waals surface area (Å²) in [5.41, 5.74) is 10.6. The van der Waals surface area contributed by atoms with Gasteiger partial charge in [-0.05, 0) is 129 Å². The van der Waals surface area contributed by atoms with E-state index in [1.165, 1.54) is 0 Å². The van der Waals surface area contributed by atoms with Gasteiger partial charge in [-0.2, -0.15) is 0 Å². The summed E-state index contributed by atoms with van der Waals surface area (Å²) in [7, 11) is 0. The smallest absolute Gasteiger partial charge is 0.115 e. The maximum absolute atomic E-state index is 10.4. The van der Waals surface area contributed by atoms with E-state index >= 15 is 0 Å². The SMILES string of the molecule is Oc1ccc(N(c2ccc(-c3ccccc3)cc2)c2cc3c4ccccc4c(N(c4ccc(O)cc4)c4ccc(-c5ccccc5)cc4)cc3c3ccccc23)cc1.